The van der Waals surface area contributed by atoms with E-state index < -0.39 is 23.7 Å². The second-order valence-electron chi connectivity index (χ2n) is 6.70. The van der Waals surface area contributed by atoms with E-state index in [9.17, 15) is 13.2 Å². The van der Waals surface area contributed by atoms with Crippen LogP contribution in [0.1, 0.15) is 18.4 Å². The van der Waals surface area contributed by atoms with Crippen LogP contribution in [0.25, 0.3) is 0 Å². The molecule has 0 aromatic carbocycles. The summed E-state index contributed by atoms with van der Waals surface area (Å²) in [6.45, 7) is 2.39. The van der Waals surface area contributed by atoms with Crippen LogP contribution in [-0.4, -0.2) is 57.8 Å². The Morgan fingerprint density at radius 2 is 1.93 bits per heavy atom. The molecule has 4 rings (SSSR count). The van der Waals surface area contributed by atoms with Gasteiger partial charge in [-0.05, 0) is 25.0 Å². The van der Waals surface area contributed by atoms with Crippen molar-refractivity contribution < 1.29 is 22.6 Å². The van der Waals surface area contributed by atoms with Crippen molar-refractivity contribution in [2.24, 2.45) is 0 Å². The van der Waals surface area contributed by atoms with Crippen LogP contribution < -0.4 is 16.0 Å². The van der Waals surface area contributed by atoms with Gasteiger partial charge < -0.3 is 20.1 Å². The highest BCUT2D eigenvalue weighted by molar-refractivity contribution is 5.79. The lowest BCUT2D eigenvalue weighted by atomic mass is 10.3. The van der Waals surface area contributed by atoms with Gasteiger partial charge in [0.15, 0.2) is 0 Å². The zero-order valence-electron chi connectivity index (χ0n) is 16.0. The second kappa shape index (κ2) is 9.11. The maximum Gasteiger partial charge on any atom is 0.423 e. The third kappa shape index (κ3) is 5.26. The number of alkyl halides is 3. The number of anilines is 1. The van der Waals surface area contributed by atoms with E-state index in [0.717, 1.165) is 25.9 Å². The van der Waals surface area contributed by atoms with E-state index in [-0.39, 0.29) is 19.2 Å². The summed E-state index contributed by atoms with van der Waals surface area (Å²) in [5, 5.41) is 15.6. The smallest absolute Gasteiger partial charge is 0.423 e. The van der Waals surface area contributed by atoms with E-state index >= 15 is 0 Å². The maximum atomic E-state index is 12.5. The van der Waals surface area contributed by atoms with E-state index in [1.165, 1.54) is 0 Å². The standard InChI is InChI=1S/C10H14N4.C8H8F3N3O2/c11-9-5-1-2-8-14(9)10(12)13-6-3-4-7-13;9-8(10,11)5-1-13-7(12)14-6(5)16-4-2-15-3-4/h1-2,5,8,11-12H,3-4,6-7H2;1,4H,2-3H2,(H2,12,13,14). The van der Waals surface area contributed by atoms with Crippen LogP contribution in [0.2, 0.25) is 0 Å². The number of nitrogens with one attached hydrogen (secondary N) is 2. The van der Waals surface area contributed by atoms with Crippen LogP contribution >= 0.6 is 0 Å². The Balaban J connectivity index is 0.000000172. The molecule has 12 heteroatoms. The highest BCUT2D eigenvalue weighted by atomic mass is 19.4. The Kier molecular flexibility index (Phi) is 6.55. The Morgan fingerprint density at radius 3 is 2.50 bits per heavy atom. The van der Waals surface area contributed by atoms with Gasteiger partial charge in [0.05, 0.1) is 13.2 Å². The Labute approximate surface area is 170 Å². The minimum atomic E-state index is -4.56. The number of nitrogen functional groups attached to an aromatic ring is 1. The van der Waals surface area contributed by atoms with Gasteiger partial charge in [0.25, 0.3) is 0 Å². The lowest BCUT2D eigenvalue weighted by molar-refractivity contribution is -0.142. The molecule has 0 bridgehead atoms. The van der Waals surface area contributed by atoms with E-state index in [1.807, 2.05) is 17.0 Å². The molecule has 30 heavy (non-hydrogen) atoms. The van der Waals surface area contributed by atoms with Crippen molar-refractivity contribution in [2.45, 2.75) is 25.1 Å². The third-order valence-corrected chi connectivity index (χ3v) is 4.46. The lowest BCUT2D eigenvalue weighted by Gasteiger charge is -2.27. The monoisotopic (exact) mass is 425 g/mol. The average molecular weight is 425 g/mol. The van der Waals surface area contributed by atoms with Gasteiger partial charge in [-0.1, -0.05) is 6.07 Å². The first-order chi connectivity index (χ1) is 14.3. The van der Waals surface area contributed by atoms with E-state index in [2.05, 4.69) is 9.97 Å². The number of likely N-dealkylation sites (tertiary alicyclic amines) is 1. The molecule has 0 radical (unpaired) electrons. The number of nitrogens with zero attached hydrogens (tertiary/aromatic N) is 4. The summed E-state index contributed by atoms with van der Waals surface area (Å²) in [7, 11) is 0. The normalized spacial score (nSPS) is 16.4. The van der Waals surface area contributed by atoms with Crippen molar-refractivity contribution in [3.05, 3.63) is 41.6 Å². The lowest BCUT2D eigenvalue weighted by Crippen LogP contribution is -2.39. The second-order valence-corrected chi connectivity index (χ2v) is 6.70. The first-order valence-corrected chi connectivity index (χ1v) is 9.26. The molecular weight excluding hydrogens is 403 g/mol. The molecule has 4 N–H and O–H groups in total. The summed E-state index contributed by atoms with van der Waals surface area (Å²) in [6, 6.07) is 5.36. The fourth-order valence-electron chi connectivity index (χ4n) is 2.81. The Bertz CT molecular complexity index is 938. The van der Waals surface area contributed by atoms with E-state index in [1.54, 1.807) is 16.8 Å². The highest BCUT2D eigenvalue weighted by Crippen LogP contribution is 2.35. The third-order valence-electron chi connectivity index (χ3n) is 4.46. The molecule has 4 heterocycles. The van der Waals surface area contributed by atoms with Crippen LogP contribution in [0.3, 0.4) is 0 Å². The van der Waals surface area contributed by atoms with Gasteiger partial charge in [-0.3, -0.25) is 15.4 Å². The van der Waals surface area contributed by atoms with Gasteiger partial charge in [-0.2, -0.15) is 18.2 Å². The highest BCUT2D eigenvalue weighted by Gasteiger charge is 2.37. The zero-order valence-corrected chi connectivity index (χ0v) is 16.0. The van der Waals surface area contributed by atoms with Crippen LogP contribution in [0.4, 0.5) is 19.1 Å². The number of pyridine rings is 1. The van der Waals surface area contributed by atoms with Crippen molar-refractivity contribution >= 4 is 11.9 Å². The fraction of sp³-hybridized carbons (Fsp3) is 0.444. The number of hydrogen-bond acceptors (Lipinski definition) is 7. The number of hydrogen-bond donors (Lipinski definition) is 3. The largest absolute Gasteiger partial charge is 0.469 e. The molecule has 0 saturated carbocycles. The van der Waals surface area contributed by atoms with Gasteiger partial charge in [0.2, 0.25) is 17.8 Å². The Hall–Kier alpha value is -3.15. The molecule has 0 atom stereocenters. The molecule has 2 aromatic rings. The predicted molar refractivity (Wildman–Crippen MR) is 101 cm³/mol. The van der Waals surface area contributed by atoms with E-state index in [4.69, 9.17) is 26.0 Å². The topological polar surface area (TPSA) is 126 Å². The molecule has 0 aliphatic carbocycles. The molecule has 162 valence electrons. The summed E-state index contributed by atoms with van der Waals surface area (Å²) < 4.78 is 49.0. The van der Waals surface area contributed by atoms with Crippen molar-refractivity contribution in [3.63, 3.8) is 0 Å². The van der Waals surface area contributed by atoms with Gasteiger partial charge >= 0.3 is 6.18 Å². The number of rotatable bonds is 2. The van der Waals surface area contributed by atoms with Crippen LogP contribution in [-0.2, 0) is 10.9 Å². The maximum absolute atomic E-state index is 12.5. The molecule has 2 fully saturated rings. The number of aromatic nitrogens is 3. The fourth-order valence-corrected chi connectivity index (χ4v) is 2.81. The number of halogens is 3. The van der Waals surface area contributed by atoms with Gasteiger partial charge in [0.1, 0.15) is 17.2 Å². The summed E-state index contributed by atoms with van der Waals surface area (Å²) in [6.07, 6.45) is -0.282. The molecule has 0 spiro atoms. The SMILES string of the molecule is N=C(N1CCCC1)n1ccccc1=N.Nc1ncc(C(F)(F)F)c(OC2COC2)n1. The zero-order chi connectivity index (χ0) is 21.7. The van der Waals surface area contributed by atoms with Crippen LogP contribution in [0, 0.1) is 10.8 Å². The Morgan fingerprint density at radius 1 is 1.23 bits per heavy atom. The molecular formula is C18H22F3N7O2. The van der Waals surface area contributed by atoms with Crippen LogP contribution in [0.5, 0.6) is 5.88 Å². The van der Waals surface area contributed by atoms with Crippen molar-refractivity contribution in [1.29, 1.82) is 10.8 Å². The quantitative estimate of drug-likeness (QED) is 0.497. The van der Waals surface area contributed by atoms with Gasteiger partial charge in [-0.15, -0.1) is 0 Å². The number of nitrogens with two attached hydrogens (primary N) is 1. The summed E-state index contributed by atoms with van der Waals surface area (Å²) in [5.74, 6) is -0.385. The molecule has 0 amide bonds. The summed E-state index contributed by atoms with van der Waals surface area (Å²) >= 11 is 0. The van der Waals surface area contributed by atoms with Crippen LogP contribution in [0.15, 0.2) is 30.6 Å². The summed E-state index contributed by atoms with van der Waals surface area (Å²) in [4.78, 5) is 8.74. The minimum absolute atomic E-state index is 0.251. The molecule has 2 saturated heterocycles. The van der Waals surface area contributed by atoms with Gasteiger partial charge in [0, 0.05) is 25.5 Å². The van der Waals surface area contributed by atoms with Crippen molar-refractivity contribution in [3.8, 4) is 5.88 Å². The molecule has 0 unspecified atom stereocenters. The first-order valence-electron chi connectivity index (χ1n) is 9.26. The number of ether oxygens (including phenoxy) is 2. The predicted octanol–water partition coefficient (Wildman–Crippen LogP) is 1.70. The summed E-state index contributed by atoms with van der Waals surface area (Å²) in [5.41, 5.74) is 4.54. The van der Waals surface area contributed by atoms with Gasteiger partial charge in [-0.25, -0.2) is 4.98 Å². The molecule has 2 aliphatic heterocycles. The first kappa shape index (κ1) is 21.6. The molecule has 2 aromatic heterocycles. The molecule has 9 nitrogen and oxygen atoms in total. The van der Waals surface area contributed by atoms with Crippen molar-refractivity contribution in [1.82, 2.24) is 19.4 Å². The van der Waals surface area contributed by atoms with E-state index in [0.29, 0.717) is 17.6 Å². The van der Waals surface area contributed by atoms with Crippen molar-refractivity contribution in [2.75, 3.05) is 32.0 Å². The minimum Gasteiger partial charge on any atom is -0.469 e. The molecule has 2 aliphatic rings. The average Bonchev–Trinajstić information content (AvgIpc) is 3.19.